The van der Waals surface area contributed by atoms with Crippen LogP contribution < -0.4 is 9.47 Å². The Hall–Kier alpha value is -1.19. The van der Waals surface area contributed by atoms with E-state index in [1.54, 1.807) is 20.3 Å². The van der Waals surface area contributed by atoms with Gasteiger partial charge in [-0.25, -0.2) is 4.98 Å². The van der Waals surface area contributed by atoms with E-state index in [1.165, 1.54) is 0 Å². The molecule has 0 saturated carbocycles. The number of ether oxygens (including phenoxy) is 2. The molecule has 1 aromatic heterocycles. The van der Waals surface area contributed by atoms with Crippen LogP contribution >= 0.6 is 23.2 Å². The van der Waals surface area contributed by atoms with Gasteiger partial charge in [-0.15, -0.1) is 0 Å². The van der Waals surface area contributed by atoms with Crippen molar-refractivity contribution in [3.8, 4) is 11.5 Å². The molecule has 0 bridgehead atoms. The molecule has 5 heteroatoms. The first-order valence-corrected chi connectivity index (χ1v) is 6.69. The third kappa shape index (κ3) is 2.21. The van der Waals surface area contributed by atoms with Crippen molar-refractivity contribution in [3.05, 3.63) is 27.4 Å². The van der Waals surface area contributed by atoms with Crippen LogP contribution in [-0.2, 0) is 6.42 Å². The number of hydrogen-bond acceptors (Lipinski definition) is 3. The molecule has 0 saturated heterocycles. The van der Waals surface area contributed by atoms with Crippen molar-refractivity contribution in [2.45, 2.75) is 20.3 Å². The van der Waals surface area contributed by atoms with Gasteiger partial charge in [-0.3, -0.25) is 0 Å². The molecular weight excluding hydrogens is 285 g/mol. The Balaban J connectivity index is 3.01. The predicted molar refractivity (Wildman–Crippen MR) is 79.0 cm³/mol. The molecular formula is C14H15Cl2NO2. The maximum absolute atomic E-state index is 6.50. The predicted octanol–water partition coefficient (Wildman–Crippen LogP) is 4.43. The summed E-state index contributed by atoms with van der Waals surface area (Å²) < 4.78 is 10.7. The summed E-state index contributed by atoms with van der Waals surface area (Å²) in [4.78, 5) is 4.58. The summed E-state index contributed by atoms with van der Waals surface area (Å²) in [5, 5.41) is 1.79. The van der Waals surface area contributed by atoms with Gasteiger partial charge in [0.05, 0.1) is 29.7 Å². The molecule has 1 aromatic carbocycles. The summed E-state index contributed by atoms with van der Waals surface area (Å²) in [7, 11) is 3.14. The van der Waals surface area contributed by atoms with Crippen molar-refractivity contribution in [1.82, 2.24) is 4.98 Å². The first-order chi connectivity index (χ1) is 9.04. The largest absolute Gasteiger partial charge is 0.494 e. The first kappa shape index (κ1) is 14.2. The van der Waals surface area contributed by atoms with Crippen LogP contribution in [0.25, 0.3) is 10.9 Å². The van der Waals surface area contributed by atoms with Crippen molar-refractivity contribution in [2.75, 3.05) is 14.2 Å². The van der Waals surface area contributed by atoms with Gasteiger partial charge in [0.2, 0.25) is 0 Å². The highest BCUT2D eigenvalue weighted by Gasteiger charge is 2.19. The molecule has 0 aliphatic carbocycles. The Bertz CT molecular complexity index is 641. The van der Waals surface area contributed by atoms with E-state index in [-0.39, 0.29) is 0 Å². The quantitative estimate of drug-likeness (QED) is 0.840. The van der Waals surface area contributed by atoms with E-state index in [4.69, 9.17) is 32.7 Å². The van der Waals surface area contributed by atoms with E-state index in [1.807, 2.05) is 13.8 Å². The van der Waals surface area contributed by atoms with Crippen molar-refractivity contribution in [1.29, 1.82) is 0 Å². The lowest BCUT2D eigenvalue weighted by Gasteiger charge is -2.15. The van der Waals surface area contributed by atoms with Gasteiger partial charge in [-0.05, 0) is 18.9 Å². The van der Waals surface area contributed by atoms with Crippen molar-refractivity contribution < 1.29 is 9.47 Å². The number of halogens is 2. The number of hydrogen-bond donors (Lipinski definition) is 0. The number of methoxy groups -OCH3 is 2. The molecule has 0 spiro atoms. The van der Waals surface area contributed by atoms with E-state index in [9.17, 15) is 0 Å². The first-order valence-electron chi connectivity index (χ1n) is 5.94. The zero-order valence-corrected chi connectivity index (χ0v) is 12.8. The highest BCUT2D eigenvalue weighted by Crippen LogP contribution is 2.43. The average molecular weight is 300 g/mol. The van der Waals surface area contributed by atoms with Crippen LogP contribution in [0, 0.1) is 6.92 Å². The molecule has 0 amide bonds. The number of rotatable bonds is 3. The molecule has 0 fully saturated rings. The second-order valence-electron chi connectivity index (χ2n) is 4.16. The lowest BCUT2D eigenvalue weighted by molar-refractivity contribution is 0.410. The van der Waals surface area contributed by atoms with Crippen molar-refractivity contribution in [2.24, 2.45) is 0 Å². The van der Waals surface area contributed by atoms with E-state index >= 15 is 0 Å². The fraction of sp³-hybridized carbons (Fsp3) is 0.357. The third-order valence-corrected chi connectivity index (χ3v) is 3.85. The molecule has 102 valence electrons. The van der Waals surface area contributed by atoms with Crippen LogP contribution in [0.15, 0.2) is 6.07 Å². The number of aromatic nitrogens is 1. The molecule has 3 nitrogen and oxygen atoms in total. The van der Waals surface area contributed by atoms with Crippen LogP contribution in [0.5, 0.6) is 11.5 Å². The minimum atomic E-state index is 0.460. The minimum absolute atomic E-state index is 0.460. The van der Waals surface area contributed by atoms with Crippen LogP contribution in [0.4, 0.5) is 0 Å². The van der Waals surface area contributed by atoms with Crippen molar-refractivity contribution >= 4 is 34.1 Å². The molecule has 0 aliphatic rings. The van der Waals surface area contributed by atoms with E-state index in [2.05, 4.69) is 4.98 Å². The van der Waals surface area contributed by atoms with Gasteiger partial charge in [0.15, 0.2) is 0 Å². The Morgan fingerprint density at radius 2 is 1.89 bits per heavy atom. The van der Waals surface area contributed by atoms with E-state index in [0.29, 0.717) is 32.4 Å². The monoisotopic (exact) mass is 299 g/mol. The summed E-state index contributed by atoms with van der Waals surface area (Å²) in [5.74, 6) is 1.12. The smallest absolute Gasteiger partial charge is 0.148 e. The normalized spacial score (nSPS) is 10.8. The van der Waals surface area contributed by atoms with Gasteiger partial charge in [0.25, 0.3) is 0 Å². The Kier molecular flexibility index (Phi) is 4.07. The third-order valence-electron chi connectivity index (χ3n) is 3.15. The van der Waals surface area contributed by atoms with Crippen LogP contribution in [0.2, 0.25) is 10.0 Å². The lowest BCUT2D eigenvalue weighted by atomic mass is 10.1. The molecule has 0 aliphatic heterocycles. The van der Waals surface area contributed by atoms with Gasteiger partial charge in [-0.2, -0.15) is 0 Å². The average Bonchev–Trinajstić information content (AvgIpc) is 2.39. The zero-order valence-electron chi connectivity index (χ0n) is 11.3. The number of fused-ring (bicyclic) bond motifs is 1. The van der Waals surface area contributed by atoms with Gasteiger partial charge in [0, 0.05) is 11.8 Å². The second-order valence-corrected chi connectivity index (χ2v) is 4.95. The van der Waals surface area contributed by atoms with Crippen LogP contribution in [0.3, 0.4) is 0 Å². The minimum Gasteiger partial charge on any atom is -0.494 e. The maximum Gasteiger partial charge on any atom is 0.148 e. The van der Waals surface area contributed by atoms with Gasteiger partial charge in [-0.1, -0.05) is 30.1 Å². The summed E-state index contributed by atoms with van der Waals surface area (Å²) in [6.07, 6.45) is 0.797. The number of benzene rings is 1. The van der Waals surface area contributed by atoms with Gasteiger partial charge >= 0.3 is 0 Å². The summed E-state index contributed by atoms with van der Waals surface area (Å²) in [6.45, 7) is 3.97. The molecule has 0 N–H and O–H groups in total. The Morgan fingerprint density at radius 1 is 1.21 bits per heavy atom. The second kappa shape index (κ2) is 5.43. The van der Waals surface area contributed by atoms with Crippen LogP contribution in [0.1, 0.15) is 18.2 Å². The number of aryl methyl sites for hydroxylation is 1. The highest BCUT2D eigenvalue weighted by molar-refractivity contribution is 6.39. The molecule has 0 radical (unpaired) electrons. The molecule has 0 unspecified atom stereocenters. The topological polar surface area (TPSA) is 31.4 Å². The standard InChI is InChI=1S/C14H15Cl2NO2/c1-5-8-7(2)17-13-10(18-3)6-9(15)14(19-4)11(13)12(8)16/h6H,5H2,1-4H3. The highest BCUT2D eigenvalue weighted by atomic mass is 35.5. The molecule has 19 heavy (non-hydrogen) atoms. The Labute approximate surface area is 122 Å². The number of pyridine rings is 1. The van der Waals surface area contributed by atoms with Crippen LogP contribution in [-0.4, -0.2) is 19.2 Å². The summed E-state index contributed by atoms with van der Waals surface area (Å²) in [5.41, 5.74) is 2.56. The number of nitrogens with zero attached hydrogens (tertiary/aromatic N) is 1. The molecule has 1 heterocycles. The lowest BCUT2D eigenvalue weighted by Crippen LogP contribution is -1.99. The SMILES string of the molecule is CCc1c(C)nc2c(OC)cc(Cl)c(OC)c2c1Cl. The molecule has 0 atom stereocenters. The summed E-state index contributed by atoms with van der Waals surface area (Å²) in [6, 6.07) is 1.69. The molecule has 2 aromatic rings. The van der Waals surface area contributed by atoms with Gasteiger partial charge in [0.1, 0.15) is 17.0 Å². The molecule has 2 rings (SSSR count). The Morgan fingerprint density at radius 3 is 2.42 bits per heavy atom. The van der Waals surface area contributed by atoms with E-state index < -0.39 is 0 Å². The van der Waals surface area contributed by atoms with Crippen molar-refractivity contribution in [3.63, 3.8) is 0 Å². The fourth-order valence-corrected chi connectivity index (χ4v) is 2.94. The fourth-order valence-electron chi connectivity index (χ4n) is 2.22. The maximum atomic E-state index is 6.50. The summed E-state index contributed by atoms with van der Waals surface area (Å²) >= 11 is 12.7. The van der Waals surface area contributed by atoms with Gasteiger partial charge < -0.3 is 9.47 Å². The van der Waals surface area contributed by atoms with E-state index in [0.717, 1.165) is 17.7 Å². The zero-order chi connectivity index (χ0) is 14.2.